The number of hydrogen-bond donors (Lipinski definition) is 2. The van der Waals surface area contributed by atoms with Crippen molar-refractivity contribution in [3.05, 3.63) is 184 Å². The molecule has 1 saturated carbocycles. The van der Waals surface area contributed by atoms with E-state index in [0.29, 0.717) is 28.1 Å². The number of ether oxygens (including phenoxy) is 2. The zero-order valence-electron chi connectivity index (χ0n) is 32.9. The fraction of sp³-hybridized carbons (Fsp3) is 0.250. The number of rotatable bonds is 11. The summed E-state index contributed by atoms with van der Waals surface area (Å²) in [5.41, 5.74) is 8.51. The van der Waals surface area contributed by atoms with Crippen molar-refractivity contribution in [1.82, 2.24) is 14.9 Å². The van der Waals surface area contributed by atoms with Crippen LogP contribution in [0.4, 0.5) is 0 Å². The Morgan fingerprint density at radius 3 is 2.08 bits per heavy atom. The number of hydrogen-bond acceptors (Lipinski definition) is 10. The minimum Gasteiger partial charge on any atom is -0.460 e. The summed E-state index contributed by atoms with van der Waals surface area (Å²) in [7, 11) is 0. The van der Waals surface area contributed by atoms with Crippen LogP contribution < -0.4 is 5.73 Å². The highest BCUT2D eigenvalue weighted by atomic mass is 16.6. The first kappa shape index (κ1) is 39.3. The van der Waals surface area contributed by atoms with Crippen LogP contribution in [0.25, 0.3) is 5.57 Å². The molecule has 3 aliphatic rings. The van der Waals surface area contributed by atoms with Crippen molar-refractivity contribution in [1.29, 1.82) is 0 Å². The first-order chi connectivity index (χ1) is 28.4. The van der Waals surface area contributed by atoms with Gasteiger partial charge >= 0.3 is 11.9 Å². The molecule has 3 heterocycles. The van der Waals surface area contributed by atoms with E-state index in [1.165, 1.54) is 12.1 Å². The molecule has 2 amide bonds. The number of carbonyl (C=O) groups is 4. The van der Waals surface area contributed by atoms with Crippen molar-refractivity contribution in [3.63, 3.8) is 0 Å². The number of fused-ring (bicyclic) bond motifs is 5. The van der Waals surface area contributed by atoms with Crippen molar-refractivity contribution >= 4 is 29.3 Å². The highest BCUT2D eigenvalue weighted by Crippen LogP contribution is 2.64. The SMILES string of the molecule is CC(C)(C)OC(=O)c1cc(CN)ccc1C(=O)OCCN1C(=O)C2C3C=C(C(O)(c4ccccc4)c4ccccn4)C(C3=C(c3ccccc3)c3ccccn3)C2C1=O. The zero-order valence-corrected chi connectivity index (χ0v) is 32.9. The Bertz CT molecular complexity index is 2400. The fourth-order valence-electron chi connectivity index (χ4n) is 8.84. The van der Waals surface area contributed by atoms with Crippen LogP contribution in [0.5, 0.6) is 0 Å². The van der Waals surface area contributed by atoms with Crippen LogP contribution in [0, 0.1) is 23.7 Å². The van der Waals surface area contributed by atoms with Gasteiger partial charge in [-0.2, -0.15) is 0 Å². The number of carbonyl (C=O) groups excluding carboxylic acids is 4. The van der Waals surface area contributed by atoms with E-state index < -0.39 is 58.6 Å². The van der Waals surface area contributed by atoms with E-state index in [-0.39, 0.29) is 30.8 Å². The Labute approximate surface area is 342 Å². The normalized spacial score (nSPS) is 21.4. The van der Waals surface area contributed by atoms with Gasteiger partial charge in [0.05, 0.1) is 40.9 Å². The third-order valence-electron chi connectivity index (χ3n) is 11.2. The summed E-state index contributed by atoms with van der Waals surface area (Å²) >= 11 is 0. The van der Waals surface area contributed by atoms with Crippen molar-refractivity contribution in [2.24, 2.45) is 29.4 Å². The molecule has 11 nitrogen and oxygen atoms in total. The van der Waals surface area contributed by atoms with Gasteiger partial charge < -0.3 is 20.3 Å². The lowest BCUT2D eigenvalue weighted by molar-refractivity contribution is -0.141. The molecule has 3 aromatic carbocycles. The van der Waals surface area contributed by atoms with Crippen LogP contribution in [0.1, 0.15) is 69.6 Å². The van der Waals surface area contributed by atoms with Gasteiger partial charge in [-0.1, -0.05) is 84.9 Å². The number of imide groups is 1. The molecule has 5 atom stereocenters. The second kappa shape index (κ2) is 15.7. The molecule has 5 unspecified atom stereocenters. The van der Waals surface area contributed by atoms with Gasteiger partial charge in [-0.05, 0) is 85.0 Å². The predicted molar refractivity (Wildman–Crippen MR) is 219 cm³/mol. The Hall–Kier alpha value is -6.56. The molecule has 1 saturated heterocycles. The molecule has 11 heteroatoms. The number of pyridine rings is 2. The van der Waals surface area contributed by atoms with Crippen LogP contribution in [-0.4, -0.2) is 62.5 Å². The van der Waals surface area contributed by atoms with Crippen molar-refractivity contribution in [2.45, 2.75) is 38.5 Å². The van der Waals surface area contributed by atoms with Crippen LogP contribution >= 0.6 is 0 Å². The molecule has 0 radical (unpaired) electrons. The number of nitrogens with two attached hydrogens (primary N) is 1. The summed E-state index contributed by atoms with van der Waals surface area (Å²) in [5, 5.41) is 13.1. The summed E-state index contributed by atoms with van der Waals surface area (Å²) in [6.45, 7) is 4.79. The molecule has 8 rings (SSSR count). The Morgan fingerprint density at radius 1 is 0.780 bits per heavy atom. The Morgan fingerprint density at radius 2 is 1.44 bits per heavy atom. The number of allylic oxidation sites excluding steroid dienone is 2. The quantitative estimate of drug-likeness (QED) is 0.0887. The van der Waals surface area contributed by atoms with E-state index in [2.05, 4.69) is 4.98 Å². The second-order valence-electron chi connectivity index (χ2n) is 15.9. The second-order valence-corrected chi connectivity index (χ2v) is 15.9. The topological polar surface area (TPSA) is 162 Å². The Kier molecular flexibility index (Phi) is 10.4. The van der Waals surface area contributed by atoms with Gasteiger partial charge in [0.2, 0.25) is 11.8 Å². The van der Waals surface area contributed by atoms with Gasteiger partial charge in [0.15, 0.2) is 5.60 Å². The molecule has 3 N–H and O–H groups in total. The van der Waals surface area contributed by atoms with E-state index >= 15 is 0 Å². The number of nitrogens with zero attached hydrogens (tertiary/aromatic N) is 3. The minimum absolute atomic E-state index is 0.00571. The molecule has 2 aliphatic carbocycles. The van der Waals surface area contributed by atoms with Crippen LogP contribution in [0.15, 0.2) is 145 Å². The number of likely N-dealkylation sites (tertiary alicyclic amines) is 1. The monoisotopic (exact) mass is 788 g/mol. The molecule has 298 valence electrons. The molecule has 2 bridgehead atoms. The fourth-order valence-corrected chi connectivity index (χ4v) is 8.84. The summed E-state index contributed by atoms with van der Waals surface area (Å²) in [6, 6.07) is 34.5. The van der Waals surface area contributed by atoms with Crippen LogP contribution in [-0.2, 0) is 31.2 Å². The maximum atomic E-state index is 14.8. The average Bonchev–Trinajstić information content (AvgIpc) is 3.87. The first-order valence-electron chi connectivity index (χ1n) is 19.6. The lowest BCUT2D eigenvalue weighted by atomic mass is 9.71. The maximum Gasteiger partial charge on any atom is 0.339 e. The first-order valence-corrected chi connectivity index (χ1v) is 19.6. The number of aromatic nitrogens is 2. The Balaban J connectivity index is 1.16. The molecule has 0 spiro atoms. The van der Waals surface area contributed by atoms with Crippen molar-refractivity contribution in [3.8, 4) is 0 Å². The lowest BCUT2D eigenvalue weighted by Gasteiger charge is -2.36. The van der Waals surface area contributed by atoms with E-state index in [4.69, 9.17) is 20.2 Å². The molecule has 2 aromatic heterocycles. The van der Waals surface area contributed by atoms with Gasteiger partial charge in [0, 0.05) is 36.3 Å². The molecule has 1 aliphatic heterocycles. The summed E-state index contributed by atoms with van der Waals surface area (Å²) in [6.07, 6.45) is 5.28. The highest BCUT2D eigenvalue weighted by molar-refractivity contribution is 6.08. The van der Waals surface area contributed by atoms with Gasteiger partial charge in [-0.3, -0.25) is 24.5 Å². The van der Waals surface area contributed by atoms with Gasteiger partial charge in [-0.25, -0.2) is 9.59 Å². The summed E-state index contributed by atoms with van der Waals surface area (Å²) in [5.74, 6) is -5.31. The number of esters is 2. The number of benzene rings is 3. The molecular formula is C48H44N4O7. The number of aliphatic hydroxyl groups is 1. The summed E-state index contributed by atoms with van der Waals surface area (Å²) < 4.78 is 11.2. The predicted octanol–water partition coefficient (Wildman–Crippen LogP) is 6.27. The molecule has 59 heavy (non-hydrogen) atoms. The molecular weight excluding hydrogens is 745 g/mol. The highest BCUT2D eigenvalue weighted by Gasteiger charge is 2.66. The van der Waals surface area contributed by atoms with E-state index in [1.54, 1.807) is 51.4 Å². The van der Waals surface area contributed by atoms with E-state index in [1.807, 2.05) is 91.0 Å². The van der Waals surface area contributed by atoms with Gasteiger partial charge in [0.25, 0.3) is 0 Å². The molecule has 5 aromatic rings. The van der Waals surface area contributed by atoms with Gasteiger partial charge in [-0.15, -0.1) is 0 Å². The van der Waals surface area contributed by atoms with Crippen LogP contribution in [0.3, 0.4) is 0 Å². The standard InChI is InChI=1S/C48H44N4O7/c1-47(2,3)59-46(56)33-26-29(28-49)20-21-32(33)45(55)58-25-24-52-43(53)40-34-27-35(48(57,31-16-8-5-9-17-31)37-19-11-13-23-51-37)41(42(40)44(52)54)39(34)38(30-14-6-4-7-15-30)36-18-10-12-22-50-36/h4-23,26-27,34,40-42,57H,24-25,28,49H2,1-3H3. The largest absolute Gasteiger partial charge is 0.460 e. The van der Waals surface area contributed by atoms with Crippen LogP contribution in [0.2, 0.25) is 0 Å². The van der Waals surface area contributed by atoms with Crippen molar-refractivity contribution in [2.75, 3.05) is 13.2 Å². The maximum absolute atomic E-state index is 14.8. The number of amides is 2. The van der Waals surface area contributed by atoms with E-state index in [0.717, 1.165) is 21.6 Å². The van der Waals surface area contributed by atoms with Gasteiger partial charge in [0.1, 0.15) is 12.2 Å². The third-order valence-corrected chi connectivity index (χ3v) is 11.2. The smallest absolute Gasteiger partial charge is 0.339 e. The lowest BCUT2D eigenvalue weighted by Crippen LogP contribution is -2.39. The summed E-state index contributed by atoms with van der Waals surface area (Å²) in [4.78, 5) is 66.5. The van der Waals surface area contributed by atoms with E-state index in [9.17, 15) is 24.3 Å². The zero-order chi connectivity index (χ0) is 41.5. The third kappa shape index (κ3) is 7.06. The van der Waals surface area contributed by atoms with Crippen molar-refractivity contribution < 1.29 is 33.8 Å². The average molecular weight is 789 g/mol. The molecule has 2 fully saturated rings. The minimum atomic E-state index is -1.76.